The lowest BCUT2D eigenvalue weighted by atomic mass is 10.3. The summed E-state index contributed by atoms with van der Waals surface area (Å²) in [6.45, 7) is 2.08. The van der Waals surface area contributed by atoms with Crippen molar-refractivity contribution in [1.29, 1.82) is 0 Å². The highest BCUT2D eigenvalue weighted by Crippen LogP contribution is 2.33. The minimum absolute atomic E-state index is 0.747. The smallest absolute Gasteiger partial charge is 0.152 e. The van der Waals surface area contributed by atoms with E-state index in [1.165, 1.54) is 30.6 Å². The Kier molecular flexibility index (Phi) is 3.91. The van der Waals surface area contributed by atoms with Crippen LogP contribution in [0.25, 0.3) is 10.2 Å². The SMILES string of the molecule is Cc1cc2c(NN)nc(CSC3CCCC3)nc2s1. The molecule has 0 aliphatic heterocycles. The number of aryl methyl sites for hydroxylation is 1. The number of nitrogens with zero attached hydrogens (tertiary/aromatic N) is 2. The lowest BCUT2D eigenvalue weighted by Crippen LogP contribution is -2.10. The number of nitrogens with two attached hydrogens (primary N) is 1. The van der Waals surface area contributed by atoms with Crippen LogP contribution < -0.4 is 11.3 Å². The zero-order valence-electron chi connectivity index (χ0n) is 11.0. The van der Waals surface area contributed by atoms with E-state index < -0.39 is 0 Å². The van der Waals surface area contributed by atoms with Crippen molar-refractivity contribution in [1.82, 2.24) is 9.97 Å². The number of nitrogen functional groups attached to an aromatic ring is 1. The molecule has 0 atom stereocenters. The number of aromatic nitrogens is 2. The lowest BCUT2D eigenvalue weighted by molar-refractivity contribution is 0.886. The summed E-state index contributed by atoms with van der Waals surface area (Å²) in [7, 11) is 0. The summed E-state index contributed by atoms with van der Waals surface area (Å²) in [4.78, 5) is 11.5. The highest BCUT2D eigenvalue weighted by molar-refractivity contribution is 7.99. The molecule has 0 unspecified atom stereocenters. The molecule has 0 amide bonds. The molecule has 0 saturated heterocycles. The second-order valence-electron chi connectivity index (χ2n) is 4.93. The Morgan fingerprint density at radius 3 is 2.95 bits per heavy atom. The van der Waals surface area contributed by atoms with Crippen LogP contribution in [-0.4, -0.2) is 15.2 Å². The molecule has 1 saturated carbocycles. The molecule has 0 bridgehead atoms. The summed E-state index contributed by atoms with van der Waals surface area (Å²) in [5.74, 6) is 8.09. The van der Waals surface area contributed by atoms with Crippen molar-refractivity contribution < 1.29 is 0 Å². The van der Waals surface area contributed by atoms with Gasteiger partial charge in [-0.1, -0.05) is 12.8 Å². The van der Waals surface area contributed by atoms with E-state index in [9.17, 15) is 0 Å². The Labute approximate surface area is 121 Å². The molecule has 3 N–H and O–H groups in total. The average Bonchev–Trinajstić information content (AvgIpc) is 3.03. The molecule has 19 heavy (non-hydrogen) atoms. The van der Waals surface area contributed by atoms with Gasteiger partial charge in [0.2, 0.25) is 0 Å². The molecule has 0 aromatic carbocycles. The van der Waals surface area contributed by atoms with Gasteiger partial charge in [0.15, 0.2) is 5.82 Å². The predicted molar refractivity (Wildman–Crippen MR) is 83.5 cm³/mol. The van der Waals surface area contributed by atoms with Crippen molar-refractivity contribution in [2.24, 2.45) is 5.84 Å². The summed E-state index contributed by atoms with van der Waals surface area (Å²) in [5.41, 5.74) is 2.70. The van der Waals surface area contributed by atoms with Gasteiger partial charge in [-0.3, -0.25) is 0 Å². The van der Waals surface area contributed by atoms with E-state index in [1.807, 2.05) is 11.8 Å². The number of hydrogen-bond acceptors (Lipinski definition) is 6. The molecule has 0 radical (unpaired) electrons. The molecule has 2 aromatic heterocycles. The number of anilines is 1. The van der Waals surface area contributed by atoms with Gasteiger partial charge < -0.3 is 5.43 Å². The van der Waals surface area contributed by atoms with E-state index in [-0.39, 0.29) is 0 Å². The highest BCUT2D eigenvalue weighted by atomic mass is 32.2. The molecule has 1 fully saturated rings. The van der Waals surface area contributed by atoms with Gasteiger partial charge in [-0.15, -0.1) is 11.3 Å². The first-order valence-electron chi connectivity index (χ1n) is 6.61. The first-order valence-corrected chi connectivity index (χ1v) is 8.48. The molecule has 1 aliphatic carbocycles. The van der Waals surface area contributed by atoms with Crippen LogP contribution in [0.15, 0.2) is 6.07 Å². The minimum Gasteiger partial charge on any atom is -0.308 e. The van der Waals surface area contributed by atoms with E-state index in [1.54, 1.807) is 11.3 Å². The Balaban J connectivity index is 1.82. The van der Waals surface area contributed by atoms with Gasteiger partial charge in [-0.05, 0) is 25.8 Å². The number of nitrogens with one attached hydrogen (secondary N) is 1. The predicted octanol–water partition coefficient (Wildman–Crippen LogP) is 3.46. The van der Waals surface area contributed by atoms with Gasteiger partial charge in [0.25, 0.3) is 0 Å². The second-order valence-corrected chi connectivity index (χ2v) is 7.45. The van der Waals surface area contributed by atoms with Crippen LogP contribution in [0.2, 0.25) is 0 Å². The summed E-state index contributed by atoms with van der Waals surface area (Å²) in [6, 6.07) is 2.09. The lowest BCUT2D eigenvalue weighted by Gasteiger charge is -2.09. The number of fused-ring (bicyclic) bond motifs is 1. The van der Waals surface area contributed by atoms with Crippen LogP contribution in [0, 0.1) is 6.92 Å². The maximum atomic E-state index is 5.57. The Hall–Kier alpha value is -0.850. The fourth-order valence-corrected chi connectivity index (χ4v) is 4.59. The zero-order chi connectivity index (χ0) is 13.2. The molecule has 0 spiro atoms. The first kappa shape index (κ1) is 13.1. The van der Waals surface area contributed by atoms with Crippen LogP contribution in [0.5, 0.6) is 0 Å². The van der Waals surface area contributed by atoms with Crippen LogP contribution >= 0.6 is 23.1 Å². The molecule has 2 aromatic rings. The highest BCUT2D eigenvalue weighted by Gasteiger charge is 2.17. The van der Waals surface area contributed by atoms with Gasteiger partial charge in [-0.2, -0.15) is 11.8 Å². The fraction of sp³-hybridized carbons (Fsp3) is 0.538. The van der Waals surface area contributed by atoms with Crippen molar-refractivity contribution in [2.45, 2.75) is 43.6 Å². The standard InChI is InChI=1S/C13H18N4S2/c1-8-6-10-12(17-14)15-11(16-13(10)19-8)7-18-9-4-2-3-5-9/h6,9H,2-5,7,14H2,1H3,(H,15,16,17). The fourth-order valence-electron chi connectivity index (χ4n) is 2.51. The van der Waals surface area contributed by atoms with Gasteiger partial charge in [-0.25, -0.2) is 15.8 Å². The average molecular weight is 294 g/mol. The molecule has 2 heterocycles. The molecule has 6 heteroatoms. The summed E-state index contributed by atoms with van der Waals surface area (Å²) in [6.07, 6.45) is 5.43. The van der Waals surface area contributed by atoms with Crippen molar-refractivity contribution in [3.8, 4) is 0 Å². The maximum Gasteiger partial charge on any atom is 0.152 e. The molecule has 4 nitrogen and oxygen atoms in total. The third kappa shape index (κ3) is 2.85. The summed E-state index contributed by atoms with van der Waals surface area (Å²) < 4.78 is 0. The number of hydrazine groups is 1. The maximum absolute atomic E-state index is 5.57. The first-order chi connectivity index (χ1) is 9.26. The Morgan fingerprint density at radius 2 is 2.21 bits per heavy atom. The monoisotopic (exact) mass is 294 g/mol. The van der Waals surface area contributed by atoms with Crippen LogP contribution in [0.4, 0.5) is 5.82 Å². The third-order valence-corrected chi connectivity index (χ3v) is 5.76. The second kappa shape index (κ2) is 5.64. The number of hydrogen-bond donors (Lipinski definition) is 2. The number of rotatable bonds is 4. The normalized spacial score (nSPS) is 16.3. The minimum atomic E-state index is 0.747. The van der Waals surface area contributed by atoms with Crippen LogP contribution in [0.1, 0.15) is 36.4 Å². The van der Waals surface area contributed by atoms with Crippen molar-refractivity contribution in [3.63, 3.8) is 0 Å². The van der Waals surface area contributed by atoms with E-state index >= 15 is 0 Å². The Morgan fingerprint density at radius 1 is 1.42 bits per heavy atom. The Bertz CT molecular complexity index is 575. The van der Waals surface area contributed by atoms with Gasteiger partial charge >= 0.3 is 0 Å². The van der Waals surface area contributed by atoms with E-state index in [0.29, 0.717) is 0 Å². The van der Waals surface area contributed by atoms with Crippen LogP contribution in [0.3, 0.4) is 0 Å². The zero-order valence-corrected chi connectivity index (χ0v) is 12.6. The van der Waals surface area contributed by atoms with Gasteiger partial charge in [0, 0.05) is 10.1 Å². The largest absolute Gasteiger partial charge is 0.308 e. The van der Waals surface area contributed by atoms with E-state index in [4.69, 9.17) is 5.84 Å². The summed E-state index contributed by atoms with van der Waals surface area (Å²) >= 11 is 3.68. The quantitative estimate of drug-likeness (QED) is 0.668. The number of thiophene rings is 1. The number of thioether (sulfide) groups is 1. The van der Waals surface area contributed by atoms with Crippen molar-refractivity contribution in [2.75, 3.05) is 5.43 Å². The van der Waals surface area contributed by atoms with Gasteiger partial charge in [0.1, 0.15) is 10.7 Å². The van der Waals surface area contributed by atoms with E-state index in [2.05, 4.69) is 28.4 Å². The molecule has 3 rings (SSSR count). The molecular weight excluding hydrogens is 276 g/mol. The van der Waals surface area contributed by atoms with Crippen molar-refractivity contribution in [3.05, 3.63) is 16.8 Å². The van der Waals surface area contributed by atoms with Gasteiger partial charge in [0.05, 0.1) is 11.1 Å². The molecule has 1 aliphatic rings. The topological polar surface area (TPSA) is 63.8 Å². The molecular formula is C13H18N4S2. The molecule has 102 valence electrons. The van der Waals surface area contributed by atoms with E-state index in [0.717, 1.165) is 32.9 Å². The van der Waals surface area contributed by atoms with Crippen molar-refractivity contribution >= 4 is 39.1 Å². The summed E-state index contributed by atoms with van der Waals surface area (Å²) in [5, 5.41) is 1.82. The van der Waals surface area contributed by atoms with Crippen LogP contribution in [-0.2, 0) is 5.75 Å². The third-order valence-electron chi connectivity index (χ3n) is 3.45.